The zero-order valence-electron chi connectivity index (χ0n) is 11.9. The SMILES string of the molecule is CCCc1cc(CC(C)N)cc(Cl)c1OCC1CC1. The highest BCUT2D eigenvalue weighted by molar-refractivity contribution is 6.32. The maximum atomic E-state index is 6.39. The molecule has 0 amide bonds. The Hall–Kier alpha value is -0.730. The van der Waals surface area contributed by atoms with Crippen molar-refractivity contribution in [3.8, 4) is 5.75 Å². The molecule has 3 heteroatoms. The lowest BCUT2D eigenvalue weighted by Crippen LogP contribution is -2.18. The van der Waals surface area contributed by atoms with E-state index >= 15 is 0 Å². The molecule has 2 nitrogen and oxygen atoms in total. The van der Waals surface area contributed by atoms with Crippen LogP contribution in [0.1, 0.15) is 44.2 Å². The minimum Gasteiger partial charge on any atom is -0.491 e. The number of hydrogen-bond acceptors (Lipinski definition) is 2. The molecule has 1 aromatic rings. The van der Waals surface area contributed by atoms with E-state index in [9.17, 15) is 0 Å². The highest BCUT2D eigenvalue weighted by Gasteiger charge is 2.23. The molecule has 0 radical (unpaired) electrons. The van der Waals surface area contributed by atoms with E-state index in [0.717, 1.165) is 42.6 Å². The number of ether oxygens (including phenoxy) is 1. The molecule has 0 saturated heterocycles. The molecule has 1 aromatic carbocycles. The van der Waals surface area contributed by atoms with Gasteiger partial charge in [-0.2, -0.15) is 0 Å². The van der Waals surface area contributed by atoms with Crippen LogP contribution in [0.25, 0.3) is 0 Å². The Kier molecular flexibility index (Phi) is 5.12. The van der Waals surface area contributed by atoms with Gasteiger partial charge < -0.3 is 10.5 Å². The molecule has 1 unspecified atom stereocenters. The molecule has 19 heavy (non-hydrogen) atoms. The Balaban J connectivity index is 2.17. The Bertz CT molecular complexity index is 427. The summed E-state index contributed by atoms with van der Waals surface area (Å²) in [6.45, 7) is 5.00. The zero-order valence-corrected chi connectivity index (χ0v) is 12.7. The minimum atomic E-state index is 0.156. The fourth-order valence-corrected chi connectivity index (χ4v) is 2.62. The van der Waals surface area contributed by atoms with Crippen LogP contribution in [0.4, 0.5) is 0 Å². The summed E-state index contributed by atoms with van der Waals surface area (Å²) in [7, 11) is 0. The number of halogens is 1. The number of benzene rings is 1. The van der Waals surface area contributed by atoms with Crippen LogP contribution in [0.15, 0.2) is 12.1 Å². The normalized spacial score (nSPS) is 16.4. The monoisotopic (exact) mass is 281 g/mol. The topological polar surface area (TPSA) is 35.2 Å². The van der Waals surface area contributed by atoms with Gasteiger partial charge in [0.15, 0.2) is 0 Å². The van der Waals surface area contributed by atoms with Crippen LogP contribution in [0.3, 0.4) is 0 Å². The second-order valence-corrected chi connectivity index (χ2v) is 6.16. The summed E-state index contributed by atoms with van der Waals surface area (Å²) in [5.74, 6) is 1.64. The fourth-order valence-electron chi connectivity index (χ4n) is 2.30. The van der Waals surface area contributed by atoms with Gasteiger partial charge >= 0.3 is 0 Å². The molecular formula is C16H24ClNO. The van der Waals surface area contributed by atoms with Crippen molar-refractivity contribution >= 4 is 11.6 Å². The Morgan fingerprint density at radius 1 is 1.42 bits per heavy atom. The average molecular weight is 282 g/mol. The lowest BCUT2D eigenvalue weighted by atomic mass is 10.0. The van der Waals surface area contributed by atoms with Gasteiger partial charge in [-0.3, -0.25) is 0 Å². The predicted molar refractivity (Wildman–Crippen MR) is 81.0 cm³/mol. The standard InChI is InChI=1S/C16H24ClNO/c1-3-4-14-8-13(7-11(2)18)9-15(17)16(14)19-10-12-5-6-12/h8-9,11-12H,3-7,10,18H2,1-2H3. The number of rotatable bonds is 7. The average Bonchev–Trinajstić information content (AvgIpc) is 3.11. The fraction of sp³-hybridized carbons (Fsp3) is 0.625. The first kappa shape index (κ1) is 14.7. The second-order valence-electron chi connectivity index (χ2n) is 5.75. The summed E-state index contributed by atoms with van der Waals surface area (Å²) in [6.07, 6.45) is 5.55. The van der Waals surface area contributed by atoms with Crippen LogP contribution in [-0.2, 0) is 12.8 Å². The van der Waals surface area contributed by atoms with Crippen molar-refractivity contribution in [2.45, 2.75) is 52.0 Å². The van der Waals surface area contributed by atoms with Crippen molar-refractivity contribution in [3.63, 3.8) is 0 Å². The molecule has 1 saturated carbocycles. The minimum absolute atomic E-state index is 0.156. The Labute approximate surface area is 121 Å². The quantitative estimate of drug-likeness (QED) is 0.821. The van der Waals surface area contributed by atoms with Gasteiger partial charge in [0.1, 0.15) is 5.75 Å². The van der Waals surface area contributed by atoms with E-state index in [1.165, 1.54) is 24.0 Å². The number of aryl methyl sites for hydroxylation is 1. The van der Waals surface area contributed by atoms with Crippen molar-refractivity contribution in [1.29, 1.82) is 0 Å². The molecule has 0 bridgehead atoms. The molecule has 1 aliphatic carbocycles. The molecule has 2 rings (SSSR count). The second kappa shape index (κ2) is 6.62. The lowest BCUT2D eigenvalue weighted by Gasteiger charge is -2.15. The molecule has 1 atom stereocenters. The molecule has 1 aliphatic rings. The highest BCUT2D eigenvalue weighted by atomic mass is 35.5. The summed E-state index contributed by atoms with van der Waals surface area (Å²) in [5.41, 5.74) is 8.31. The third kappa shape index (κ3) is 4.39. The maximum absolute atomic E-state index is 6.39. The maximum Gasteiger partial charge on any atom is 0.141 e. The van der Waals surface area contributed by atoms with Gasteiger partial charge in [-0.25, -0.2) is 0 Å². The zero-order chi connectivity index (χ0) is 13.8. The van der Waals surface area contributed by atoms with Crippen LogP contribution < -0.4 is 10.5 Å². The van der Waals surface area contributed by atoms with Gasteiger partial charge in [-0.15, -0.1) is 0 Å². The Morgan fingerprint density at radius 2 is 2.16 bits per heavy atom. The molecule has 1 fully saturated rings. The van der Waals surface area contributed by atoms with E-state index in [-0.39, 0.29) is 6.04 Å². The van der Waals surface area contributed by atoms with Crippen molar-refractivity contribution < 1.29 is 4.74 Å². The number of nitrogens with two attached hydrogens (primary N) is 1. The van der Waals surface area contributed by atoms with Crippen LogP contribution in [0.5, 0.6) is 5.75 Å². The smallest absolute Gasteiger partial charge is 0.141 e. The molecule has 0 spiro atoms. The Morgan fingerprint density at radius 3 is 2.74 bits per heavy atom. The largest absolute Gasteiger partial charge is 0.491 e. The van der Waals surface area contributed by atoms with E-state index in [1.54, 1.807) is 0 Å². The van der Waals surface area contributed by atoms with Gasteiger partial charge in [0, 0.05) is 6.04 Å². The molecule has 0 aliphatic heterocycles. The van der Waals surface area contributed by atoms with Crippen molar-refractivity contribution in [3.05, 3.63) is 28.3 Å². The molecule has 0 aromatic heterocycles. The van der Waals surface area contributed by atoms with Crippen LogP contribution in [0, 0.1) is 5.92 Å². The summed E-state index contributed by atoms with van der Waals surface area (Å²) in [4.78, 5) is 0. The van der Waals surface area contributed by atoms with Gasteiger partial charge in [0.2, 0.25) is 0 Å². The van der Waals surface area contributed by atoms with E-state index in [4.69, 9.17) is 22.1 Å². The van der Waals surface area contributed by atoms with E-state index in [1.807, 2.05) is 13.0 Å². The molecule has 0 heterocycles. The summed E-state index contributed by atoms with van der Waals surface area (Å²) in [6, 6.07) is 4.37. The first-order valence-electron chi connectivity index (χ1n) is 7.29. The van der Waals surface area contributed by atoms with Gasteiger partial charge in [-0.05, 0) is 55.7 Å². The van der Waals surface area contributed by atoms with E-state index in [0.29, 0.717) is 0 Å². The van der Waals surface area contributed by atoms with E-state index < -0.39 is 0 Å². The van der Waals surface area contributed by atoms with Gasteiger partial charge in [-0.1, -0.05) is 31.0 Å². The highest BCUT2D eigenvalue weighted by Crippen LogP contribution is 2.35. The molecule has 2 N–H and O–H groups in total. The molecule has 106 valence electrons. The van der Waals surface area contributed by atoms with Crippen LogP contribution in [-0.4, -0.2) is 12.6 Å². The summed E-state index contributed by atoms with van der Waals surface area (Å²) in [5, 5.41) is 0.738. The summed E-state index contributed by atoms with van der Waals surface area (Å²) >= 11 is 6.39. The first-order valence-corrected chi connectivity index (χ1v) is 7.67. The lowest BCUT2D eigenvalue weighted by molar-refractivity contribution is 0.297. The molecular weight excluding hydrogens is 258 g/mol. The van der Waals surface area contributed by atoms with Gasteiger partial charge in [0.25, 0.3) is 0 Å². The number of hydrogen-bond donors (Lipinski definition) is 1. The van der Waals surface area contributed by atoms with E-state index in [2.05, 4.69) is 13.0 Å². The van der Waals surface area contributed by atoms with Crippen molar-refractivity contribution in [2.75, 3.05) is 6.61 Å². The van der Waals surface area contributed by atoms with Crippen molar-refractivity contribution in [2.24, 2.45) is 11.7 Å². The van der Waals surface area contributed by atoms with Crippen molar-refractivity contribution in [1.82, 2.24) is 0 Å². The summed E-state index contributed by atoms with van der Waals surface area (Å²) < 4.78 is 5.94. The predicted octanol–water partition coefficient (Wildman–Crippen LogP) is 3.97. The van der Waals surface area contributed by atoms with Crippen LogP contribution in [0.2, 0.25) is 5.02 Å². The van der Waals surface area contributed by atoms with Crippen LogP contribution >= 0.6 is 11.6 Å². The third-order valence-electron chi connectivity index (χ3n) is 3.42. The van der Waals surface area contributed by atoms with Gasteiger partial charge in [0.05, 0.1) is 11.6 Å². The first-order chi connectivity index (χ1) is 9.10. The third-order valence-corrected chi connectivity index (χ3v) is 3.70.